The number of carbonyl (C=O) groups is 1. The highest BCUT2D eigenvalue weighted by Gasteiger charge is 2.15. The molecule has 0 fully saturated rings. The Balaban J connectivity index is 1.82. The fourth-order valence-electron chi connectivity index (χ4n) is 2.17. The van der Waals surface area contributed by atoms with Gasteiger partial charge < -0.3 is 5.32 Å². The van der Waals surface area contributed by atoms with Gasteiger partial charge >= 0.3 is 0 Å². The van der Waals surface area contributed by atoms with Gasteiger partial charge in [-0.05, 0) is 37.5 Å². The molecule has 0 radical (unpaired) electrons. The molecule has 0 aliphatic heterocycles. The number of hydrogen-bond acceptors (Lipinski definition) is 2. The number of amides is 1. The van der Waals surface area contributed by atoms with Crippen LogP contribution in [-0.4, -0.2) is 17.7 Å². The minimum Gasteiger partial charge on any atom is -0.355 e. The second-order valence-electron chi connectivity index (χ2n) is 5.63. The van der Waals surface area contributed by atoms with Crippen molar-refractivity contribution >= 4 is 17.7 Å². The van der Waals surface area contributed by atoms with E-state index >= 15 is 0 Å². The molecule has 0 aromatic heterocycles. The van der Waals surface area contributed by atoms with Crippen molar-refractivity contribution in [3.05, 3.63) is 65.7 Å². The van der Waals surface area contributed by atoms with E-state index in [-0.39, 0.29) is 11.2 Å². The largest absolute Gasteiger partial charge is 0.355 e. The predicted molar refractivity (Wildman–Crippen MR) is 94.4 cm³/mol. The summed E-state index contributed by atoms with van der Waals surface area (Å²) in [6.07, 6.45) is 0. The fraction of sp³-hybridized carbons (Fsp3) is 0.316. The van der Waals surface area contributed by atoms with E-state index in [2.05, 4.69) is 55.6 Å². The Kier molecular flexibility index (Phi) is 6.08. The molecule has 2 rings (SSSR count). The van der Waals surface area contributed by atoms with Crippen LogP contribution in [0.2, 0.25) is 0 Å². The van der Waals surface area contributed by atoms with Gasteiger partial charge in [-0.1, -0.05) is 55.0 Å². The summed E-state index contributed by atoms with van der Waals surface area (Å²) in [6, 6.07) is 18.5. The zero-order chi connectivity index (χ0) is 15.9. The first-order valence-corrected chi connectivity index (χ1v) is 8.50. The van der Waals surface area contributed by atoms with E-state index in [4.69, 9.17) is 0 Å². The molecule has 0 saturated heterocycles. The monoisotopic (exact) mass is 313 g/mol. The van der Waals surface area contributed by atoms with Crippen molar-refractivity contribution in [1.29, 1.82) is 0 Å². The summed E-state index contributed by atoms with van der Waals surface area (Å²) in [5.74, 6) is 0.412. The van der Waals surface area contributed by atoms with Crippen LogP contribution in [0.1, 0.15) is 30.9 Å². The van der Waals surface area contributed by atoms with Gasteiger partial charge in [0.1, 0.15) is 0 Å². The van der Waals surface area contributed by atoms with Crippen molar-refractivity contribution in [2.24, 2.45) is 0 Å². The Labute approximate surface area is 137 Å². The molecule has 2 atom stereocenters. The van der Waals surface area contributed by atoms with Gasteiger partial charge in [-0.25, -0.2) is 0 Å². The van der Waals surface area contributed by atoms with E-state index in [9.17, 15) is 4.79 Å². The topological polar surface area (TPSA) is 29.1 Å². The number of benzene rings is 2. The van der Waals surface area contributed by atoms with Crippen LogP contribution in [-0.2, 0) is 4.79 Å². The van der Waals surface area contributed by atoms with E-state index < -0.39 is 0 Å². The summed E-state index contributed by atoms with van der Waals surface area (Å²) in [5, 5.41) is 2.96. The summed E-state index contributed by atoms with van der Waals surface area (Å²) in [7, 11) is 0. The van der Waals surface area contributed by atoms with Gasteiger partial charge in [0.15, 0.2) is 0 Å². The van der Waals surface area contributed by atoms with Gasteiger partial charge in [0.2, 0.25) is 5.91 Å². The lowest BCUT2D eigenvalue weighted by Crippen LogP contribution is -2.33. The highest BCUT2D eigenvalue weighted by molar-refractivity contribution is 8.00. The first-order valence-electron chi connectivity index (χ1n) is 7.62. The number of aryl methyl sites for hydroxylation is 1. The highest BCUT2D eigenvalue weighted by atomic mass is 32.2. The normalized spacial score (nSPS) is 13.4. The molecule has 2 aromatic carbocycles. The van der Waals surface area contributed by atoms with Crippen molar-refractivity contribution in [3.8, 4) is 0 Å². The molecule has 0 saturated carbocycles. The van der Waals surface area contributed by atoms with E-state index in [1.54, 1.807) is 11.8 Å². The smallest absolute Gasteiger partial charge is 0.233 e. The van der Waals surface area contributed by atoms with Crippen LogP contribution >= 0.6 is 11.8 Å². The van der Waals surface area contributed by atoms with Gasteiger partial charge in [-0.3, -0.25) is 4.79 Å². The van der Waals surface area contributed by atoms with Crippen LogP contribution in [0.4, 0.5) is 0 Å². The van der Waals surface area contributed by atoms with E-state index in [1.165, 1.54) is 11.1 Å². The summed E-state index contributed by atoms with van der Waals surface area (Å²) in [5.41, 5.74) is 2.49. The maximum atomic E-state index is 12.2. The van der Waals surface area contributed by atoms with Gasteiger partial charge in [0.25, 0.3) is 0 Å². The van der Waals surface area contributed by atoms with E-state index in [0.29, 0.717) is 12.5 Å². The van der Waals surface area contributed by atoms with Gasteiger partial charge in [-0.15, -0.1) is 11.8 Å². The molecule has 2 aromatic rings. The quantitative estimate of drug-likeness (QED) is 0.801. The average Bonchev–Trinajstić information content (AvgIpc) is 2.55. The molecule has 3 heteroatoms. The molecule has 116 valence electrons. The van der Waals surface area contributed by atoms with E-state index in [0.717, 1.165) is 4.90 Å². The standard InChI is InChI=1S/C19H23NOS/c1-14-9-11-18(12-10-14)22-16(3)19(21)20-13-15(2)17-7-5-4-6-8-17/h4-12,15-16H,13H2,1-3H3,(H,20,21)/t15-,16-/m1/s1. The molecule has 0 aliphatic carbocycles. The lowest BCUT2D eigenvalue weighted by atomic mass is 10.0. The Bertz CT molecular complexity index is 595. The van der Waals surface area contributed by atoms with Crippen LogP contribution in [0.15, 0.2) is 59.5 Å². The minimum atomic E-state index is -0.0920. The third-order valence-electron chi connectivity index (χ3n) is 3.65. The molecular weight excluding hydrogens is 290 g/mol. The SMILES string of the molecule is Cc1ccc(S[C@H](C)C(=O)NC[C@@H](C)c2ccccc2)cc1. The van der Waals surface area contributed by atoms with Crippen LogP contribution in [0.3, 0.4) is 0 Å². The third-order valence-corrected chi connectivity index (χ3v) is 4.77. The maximum absolute atomic E-state index is 12.2. The van der Waals surface area contributed by atoms with Crippen LogP contribution in [0.25, 0.3) is 0 Å². The molecule has 0 unspecified atom stereocenters. The van der Waals surface area contributed by atoms with Crippen molar-refractivity contribution in [2.45, 2.75) is 36.8 Å². The number of nitrogens with one attached hydrogen (secondary N) is 1. The van der Waals surface area contributed by atoms with Crippen LogP contribution in [0, 0.1) is 6.92 Å². The molecule has 1 amide bonds. The third kappa shape index (κ3) is 4.92. The summed E-state index contributed by atoms with van der Waals surface area (Å²) in [4.78, 5) is 13.3. The Morgan fingerprint density at radius 1 is 1.05 bits per heavy atom. The number of rotatable bonds is 6. The lowest BCUT2D eigenvalue weighted by molar-refractivity contribution is -0.120. The predicted octanol–water partition coefficient (Wildman–Crippen LogP) is 4.40. The summed E-state index contributed by atoms with van der Waals surface area (Å²) >= 11 is 1.60. The molecular formula is C19H23NOS. The average molecular weight is 313 g/mol. The van der Waals surface area contributed by atoms with Crippen molar-refractivity contribution in [1.82, 2.24) is 5.32 Å². The molecule has 2 nitrogen and oxygen atoms in total. The second kappa shape index (κ2) is 8.04. The number of carbonyl (C=O) groups excluding carboxylic acids is 1. The number of thioether (sulfide) groups is 1. The maximum Gasteiger partial charge on any atom is 0.233 e. The molecule has 1 N–H and O–H groups in total. The first-order chi connectivity index (χ1) is 10.6. The van der Waals surface area contributed by atoms with Gasteiger partial charge in [0.05, 0.1) is 5.25 Å². The molecule has 0 heterocycles. The lowest BCUT2D eigenvalue weighted by Gasteiger charge is -2.16. The Morgan fingerprint density at radius 2 is 1.68 bits per heavy atom. The molecule has 0 spiro atoms. The van der Waals surface area contributed by atoms with Gasteiger partial charge in [0, 0.05) is 11.4 Å². The second-order valence-corrected chi connectivity index (χ2v) is 7.04. The van der Waals surface area contributed by atoms with Crippen LogP contribution < -0.4 is 5.32 Å². The molecule has 22 heavy (non-hydrogen) atoms. The zero-order valence-electron chi connectivity index (χ0n) is 13.4. The summed E-state index contributed by atoms with van der Waals surface area (Å²) in [6.45, 7) is 6.82. The van der Waals surface area contributed by atoms with Crippen molar-refractivity contribution in [2.75, 3.05) is 6.54 Å². The number of hydrogen-bond donors (Lipinski definition) is 1. The van der Waals surface area contributed by atoms with Crippen molar-refractivity contribution in [3.63, 3.8) is 0 Å². The molecule has 0 aliphatic rings. The Morgan fingerprint density at radius 3 is 2.32 bits per heavy atom. The zero-order valence-corrected chi connectivity index (χ0v) is 14.2. The summed E-state index contributed by atoms with van der Waals surface area (Å²) < 4.78 is 0. The minimum absolute atomic E-state index is 0.0911. The van der Waals surface area contributed by atoms with Gasteiger partial charge in [-0.2, -0.15) is 0 Å². The van der Waals surface area contributed by atoms with Crippen LogP contribution in [0.5, 0.6) is 0 Å². The first kappa shape index (κ1) is 16.6. The molecule has 0 bridgehead atoms. The van der Waals surface area contributed by atoms with Crippen molar-refractivity contribution < 1.29 is 4.79 Å². The fourth-order valence-corrected chi connectivity index (χ4v) is 3.06. The Hall–Kier alpha value is -1.74. The highest BCUT2D eigenvalue weighted by Crippen LogP contribution is 2.23. The van der Waals surface area contributed by atoms with E-state index in [1.807, 2.05) is 25.1 Å².